The Bertz CT molecular complexity index is 1650. The number of aryl methyl sites for hydroxylation is 1. The number of carbonyl (C=O) groups is 1. The second-order valence-electron chi connectivity index (χ2n) is 13.8. The number of ether oxygens (including phenoxy) is 1. The molecule has 46 heavy (non-hydrogen) atoms. The van der Waals surface area contributed by atoms with Gasteiger partial charge in [0.25, 0.3) is 0 Å². The van der Waals surface area contributed by atoms with Crippen LogP contribution in [0.4, 0.5) is 11.5 Å². The van der Waals surface area contributed by atoms with Gasteiger partial charge in [0, 0.05) is 61.4 Å². The molecule has 10 nitrogen and oxygen atoms in total. The Balaban J connectivity index is 1.18. The Labute approximate surface area is 272 Å². The maximum absolute atomic E-state index is 13.5. The number of nitriles is 1. The van der Waals surface area contributed by atoms with E-state index in [0.717, 1.165) is 49.6 Å². The summed E-state index contributed by atoms with van der Waals surface area (Å²) >= 11 is 0. The van der Waals surface area contributed by atoms with E-state index in [-0.39, 0.29) is 18.0 Å². The van der Waals surface area contributed by atoms with Crippen molar-refractivity contribution in [1.29, 1.82) is 5.26 Å². The molecule has 7 rings (SSSR count). The Morgan fingerprint density at radius 1 is 1.04 bits per heavy atom. The highest BCUT2D eigenvalue weighted by molar-refractivity contribution is 5.97. The highest BCUT2D eigenvalue weighted by Crippen LogP contribution is 2.36. The van der Waals surface area contributed by atoms with E-state index >= 15 is 0 Å². The third-order valence-corrected chi connectivity index (χ3v) is 10.5. The van der Waals surface area contributed by atoms with Crippen molar-refractivity contribution in [1.82, 2.24) is 24.7 Å². The van der Waals surface area contributed by atoms with Gasteiger partial charge >= 0.3 is 6.01 Å². The van der Waals surface area contributed by atoms with Crippen LogP contribution in [0, 0.1) is 18.3 Å². The van der Waals surface area contributed by atoms with E-state index in [1.54, 1.807) is 0 Å². The Kier molecular flexibility index (Phi) is 8.47. The predicted octanol–water partition coefficient (Wildman–Crippen LogP) is 4.00. The van der Waals surface area contributed by atoms with Gasteiger partial charge in [-0.1, -0.05) is 30.3 Å². The van der Waals surface area contributed by atoms with E-state index in [1.807, 2.05) is 4.90 Å². The van der Waals surface area contributed by atoms with Crippen LogP contribution in [-0.4, -0.2) is 108 Å². The topological polar surface area (TPSA) is 91.8 Å². The minimum Gasteiger partial charge on any atom is -0.462 e. The molecule has 3 fully saturated rings. The standard InChI is InChI=1S/C36H46N8O2/c1-24(2)44-22-32(44)35(45)43-19-18-42(20-27(43)13-15-37)34-29-14-17-41(31-12-6-10-26-9-5-8-25(3)33(26)31)21-30(29)38-36(39-34)46-23-28-11-7-16-40(28)4/h5-6,8-10,12,24,27-28,32H,7,11,13-14,16-23H2,1-4H3. The van der Waals surface area contributed by atoms with Crippen LogP contribution in [0.1, 0.15) is 49.9 Å². The third kappa shape index (κ3) is 5.87. The van der Waals surface area contributed by atoms with Gasteiger partial charge in [-0.05, 0) is 70.6 Å². The highest BCUT2D eigenvalue weighted by atomic mass is 16.5. The number of amides is 1. The van der Waals surface area contributed by atoms with Crippen molar-refractivity contribution < 1.29 is 9.53 Å². The highest BCUT2D eigenvalue weighted by Gasteiger charge is 2.46. The van der Waals surface area contributed by atoms with Gasteiger partial charge in [-0.15, -0.1) is 0 Å². The number of carbonyl (C=O) groups excluding carboxylic acids is 1. The van der Waals surface area contributed by atoms with Crippen LogP contribution in [0.15, 0.2) is 36.4 Å². The number of aromatic nitrogens is 2. The van der Waals surface area contributed by atoms with Gasteiger partial charge in [-0.3, -0.25) is 9.69 Å². The number of benzene rings is 2. The molecule has 4 aliphatic rings. The van der Waals surface area contributed by atoms with Crippen LogP contribution in [0.2, 0.25) is 0 Å². The van der Waals surface area contributed by atoms with Gasteiger partial charge < -0.3 is 24.3 Å². The number of likely N-dealkylation sites (N-methyl/N-ethyl adjacent to an activating group) is 1. The average molecular weight is 623 g/mol. The second-order valence-corrected chi connectivity index (χ2v) is 13.8. The number of fused-ring (bicyclic) bond motifs is 2. The van der Waals surface area contributed by atoms with Gasteiger partial charge in [0.1, 0.15) is 18.5 Å². The van der Waals surface area contributed by atoms with Crippen molar-refractivity contribution in [2.24, 2.45) is 0 Å². The molecule has 4 atom stereocenters. The van der Waals surface area contributed by atoms with Crippen LogP contribution < -0.4 is 14.5 Å². The molecule has 0 aliphatic carbocycles. The normalized spacial score (nSPS) is 24.7. The first kappa shape index (κ1) is 30.7. The summed E-state index contributed by atoms with van der Waals surface area (Å²) < 4.78 is 6.36. The number of nitrogens with zero attached hydrogens (tertiary/aromatic N) is 8. The van der Waals surface area contributed by atoms with Gasteiger partial charge in [0.15, 0.2) is 0 Å². The first-order chi connectivity index (χ1) is 22.3. The minimum absolute atomic E-state index is 0.0584. The fourth-order valence-corrected chi connectivity index (χ4v) is 7.80. The minimum atomic E-state index is -0.179. The molecule has 242 valence electrons. The molecule has 0 radical (unpaired) electrons. The van der Waals surface area contributed by atoms with Crippen molar-refractivity contribution in [2.45, 2.75) is 77.2 Å². The second kappa shape index (κ2) is 12.7. The molecule has 10 heteroatoms. The number of hydrogen-bond acceptors (Lipinski definition) is 9. The lowest BCUT2D eigenvalue weighted by Gasteiger charge is -2.42. The summed E-state index contributed by atoms with van der Waals surface area (Å²) in [5, 5.41) is 12.3. The van der Waals surface area contributed by atoms with E-state index in [0.29, 0.717) is 57.3 Å². The van der Waals surface area contributed by atoms with Crippen LogP contribution >= 0.6 is 0 Å². The molecule has 4 aliphatic heterocycles. The van der Waals surface area contributed by atoms with E-state index in [4.69, 9.17) is 14.7 Å². The summed E-state index contributed by atoms with van der Waals surface area (Å²) in [6, 6.07) is 16.3. The quantitative estimate of drug-likeness (QED) is 0.346. The molecule has 0 bridgehead atoms. The number of rotatable bonds is 8. The van der Waals surface area contributed by atoms with Crippen LogP contribution in [-0.2, 0) is 17.8 Å². The molecule has 1 aromatic heterocycles. The Morgan fingerprint density at radius 2 is 1.87 bits per heavy atom. The van der Waals surface area contributed by atoms with Crippen molar-refractivity contribution in [3.05, 3.63) is 53.2 Å². The van der Waals surface area contributed by atoms with Crippen molar-refractivity contribution >= 4 is 28.2 Å². The number of anilines is 2. The summed E-state index contributed by atoms with van der Waals surface area (Å²) in [5.41, 5.74) is 4.65. The van der Waals surface area contributed by atoms with Crippen LogP contribution in [0.25, 0.3) is 10.8 Å². The fraction of sp³-hybridized carbons (Fsp3) is 0.556. The third-order valence-electron chi connectivity index (χ3n) is 10.5. The molecule has 2 aromatic carbocycles. The van der Waals surface area contributed by atoms with Crippen molar-refractivity contribution in [3.63, 3.8) is 0 Å². The molecule has 0 spiro atoms. The smallest absolute Gasteiger partial charge is 0.318 e. The SMILES string of the molecule is Cc1cccc2cccc(N3CCc4c(nc(OCC5CCCN5C)nc4N4CCN(C(=O)C5CN5C(C)C)C(CC#N)C4)C3)c12. The van der Waals surface area contributed by atoms with Crippen LogP contribution in [0.5, 0.6) is 6.01 Å². The summed E-state index contributed by atoms with van der Waals surface area (Å²) in [4.78, 5) is 34.9. The van der Waals surface area contributed by atoms with E-state index in [9.17, 15) is 10.1 Å². The molecule has 3 aromatic rings. The van der Waals surface area contributed by atoms with E-state index in [2.05, 4.69) is 89.9 Å². The van der Waals surface area contributed by atoms with Gasteiger partial charge in [0.05, 0.1) is 30.8 Å². The summed E-state index contributed by atoms with van der Waals surface area (Å²) in [7, 11) is 2.16. The summed E-state index contributed by atoms with van der Waals surface area (Å²) in [6.45, 7) is 12.2. The number of hydrogen-bond donors (Lipinski definition) is 0. The molecule has 4 unspecified atom stereocenters. The maximum Gasteiger partial charge on any atom is 0.318 e. The molecule has 0 N–H and O–H groups in total. The summed E-state index contributed by atoms with van der Waals surface area (Å²) in [5.74, 6) is 1.06. The lowest BCUT2D eigenvalue weighted by Crippen LogP contribution is -2.57. The monoisotopic (exact) mass is 622 g/mol. The fourth-order valence-electron chi connectivity index (χ4n) is 7.80. The molecule has 3 saturated heterocycles. The van der Waals surface area contributed by atoms with Gasteiger partial charge in [0.2, 0.25) is 5.91 Å². The lowest BCUT2D eigenvalue weighted by molar-refractivity contribution is -0.134. The van der Waals surface area contributed by atoms with E-state index in [1.165, 1.54) is 28.4 Å². The zero-order valence-corrected chi connectivity index (χ0v) is 27.7. The van der Waals surface area contributed by atoms with Crippen molar-refractivity contribution in [3.8, 4) is 12.1 Å². The number of piperazine rings is 1. The van der Waals surface area contributed by atoms with E-state index < -0.39 is 0 Å². The first-order valence-electron chi connectivity index (χ1n) is 17.0. The van der Waals surface area contributed by atoms with Crippen molar-refractivity contribution in [2.75, 3.05) is 62.7 Å². The largest absolute Gasteiger partial charge is 0.462 e. The summed E-state index contributed by atoms with van der Waals surface area (Å²) in [6.07, 6.45) is 3.41. The van der Waals surface area contributed by atoms with Gasteiger partial charge in [-0.2, -0.15) is 15.2 Å². The first-order valence-corrected chi connectivity index (χ1v) is 17.0. The Morgan fingerprint density at radius 3 is 2.61 bits per heavy atom. The molecular weight excluding hydrogens is 576 g/mol. The zero-order chi connectivity index (χ0) is 31.9. The number of likely N-dealkylation sites (tertiary alicyclic amines) is 1. The lowest BCUT2D eigenvalue weighted by atomic mass is 9.99. The Hall–Kier alpha value is -3.94. The molecule has 1 amide bonds. The molecule has 5 heterocycles. The molecule has 0 saturated carbocycles. The average Bonchev–Trinajstić information content (AvgIpc) is 3.77. The maximum atomic E-state index is 13.5. The predicted molar refractivity (Wildman–Crippen MR) is 180 cm³/mol. The molecular formula is C36H46N8O2. The van der Waals surface area contributed by atoms with Gasteiger partial charge in [-0.25, -0.2) is 0 Å². The van der Waals surface area contributed by atoms with Crippen LogP contribution in [0.3, 0.4) is 0 Å². The zero-order valence-electron chi connectivity index (χ0n) is 27.7.